The summed E-state index contributed by atoms with van der Waals surface area (Å²) >= 11 is 0. The van der Waals surface area contributed by atoms with Gasteiger partial charge in [-0.15, -0.1) is 0 Å². The highest BCUT2D eigenvalue weighted by Crippen LogP contribution is 2.39. The molecule has 3 heterocycles. The second-order valence-electron chi connectivity index (χ2n) is 5.26. The van der Waals surface area contributed by atoms with Gasteiger partial charge in [-0.25, -0.2) is 4.57 Å². The van der Waals surface area contributed by atoms with Gasteiger partial charge in [-0.1, -0.05) is 0 Å². The minimum absolute atomic E-state index is 0.0747. The van der Waals surface area contributed by atoms with Crippen molar-refractivity contribution in [3.63, 3.8) is 0 Å². The zero-order valence-electron chi connectivity index (χ0n) is 12.1. The van der Waals surface area contributed by atoms with Crippen LogP contribution in [0.25, 0.3) is 11.0 Å². The number of nitrogens with two attached hydrogens (primary N) is 2. The van der Waals surface area contributed by atoms with Crippen LogP contribution in [-0.2, 0) is 13.8 Å². The van der Waals surface area contributed by atoms with Gasteiger partial charge in [0.05, 0.1) is 12.0 Å². The number of phosphoric ester groups is 1. The summed E-state index contributed by atoms with van der Waals surface area (Å²) in [6, 6.07) is 1.59. The van der Waals surface area contributed by atoms with Gasteiger partial charge < -0.3 is 40.8 Å². The fourth-order valence-electron chi connectivity index (χ4n) is 2.55. The zero-order valence-corrected chi connectivity index (χ0v) is 13.0. The fraction of sp³-hybridized carbons (Fsp3) is 0.455. The minimum Gasteiger partial charge on any atom is -0.387 e. The Morgan fingerprint density at radius 2 is 2.00 bits per heavy atom. The number of phosphoric acid groups is 1. The van der Waals surface area contributed by atoms with Gasteiger partial charge in [0, 0.05) is 6.20 Å². The first kappa shape index (κ1) is 17.0. The Morgan fingerprint density at radius 1 is 1.29 bits per heavy atom. The summed E-state index contributed by atoms with van der Waals surface area (Å²) in [6.07, 6.45) is -3.51. The molecule has 2 aromatic rings. The molecule has 12 nitrogen and oxygen atoms in total. The van der Waals surface area contributed by atoms with Crippen molar-refractivity contribution in [2.24, 2.45) is 0 Å². The van der Waals surface area contributed by atoms with Crippen LogP contribution >= 0.6 is 7.82 Å². The first-order valence-corrected chi connectivity index (χ1v) is 8.31. The van der Waals surface area contributed by atoms with Crippen LogP contribution in [0.5, 0.6) is 0 Å². The van der Waals surface area contributed by atoms with Crippen molar-refractivity contribution in [3.05, 3.63) is 12.3 Å². The van der Waals surface area contributed by atoms with Crippen molar-refractivity contribution < 1.29 is 33.8 Å². The molecule has 0 aliphatic carbocycles. The lowest BCUT2D eigenvalue weighted by Crippen LogP contribution is -2.33. The molecule has 0 aromatic carbocycles. The molecule has 0 radical (unpaired) electrons. The van der Waals surface area contributed by atoms with E-state index in [1.54, 1.807) is 6.07 Å². The van der Waals surface area contributed by atoms with Crippen molar-refractivity contribution in [1.29, 1.82) is 0 Å². The molecule has 3 rings (SSSR count). The predicted molar refractivity (Wildman–Crippen MR) is 80.3 cm³/mol. The topological polar surface area (TPSA) is 199 Å². The van der Waals surface area contributed by atoms with E-state index in [1.165, 1.54) is 10.8 Å². The lowest BCUT2D eigenvalue weighted by Gasteiger charge is -2.17. The smallest absolute Gasteiger partial charge is 0.387 e. The van der Waals surface area contributed by atoms with Crippen LogP contribution in [0.2, 0.25) is 0 Å². The van der Waals surface area contributed by atoms with Crippen molar-refractivity contribution in [2.45, 2.75) is 24.5 Å². The molecule has 4 atom stereocenters. The molecule has 0 spiro atoms. The van der Waals surface area contributed by atoms with E-state index in [1.807, 2.05) is 0 Å². The zero-order chi connectivity index (χ0) is 17.6. The lowest BCUT2D eigenvalue weighted by atomic mass is 10.1. The first-order chi connectivity index (χ1) is 11.2. The van der Waals surface area contributed by atoms with Crippen molar-refractivity contribution in [2.75, 3.05) is 18.1 Å². The predicted octanol–water partition coefficient (Wildman–Crippen LogP) is -1.68. The van der Waals surface area contributed by atoms with E-state index in [0.717, 1.165) is 0 Å². The molecule has 1 fully saturated rings. The Hall–Kier alpha value is -1.79. The Labute approximate surface area is 134 Å². The maximum absolute atomic E-state index is 10.8. The molecule has 0 bridgehead atoms. The summed E-state index contributed by atoms with van der Waals surface area (Å²) in [5, 5.41) is 20.7. The number of hydrogen-bond donors (Lipinski definition) is 6. The molecule has 0 unspecified atom stereocenters. The number of aliphatic hydroxyl groups is 2. The molecular weight excluding hydrogens is 345 g/mol. The molecular formula is C11H16N5O7P. The Kier molecular flexibility index (Phi) is 4.21. The number of anilines is 2. The highest BCUT2D eigenvalue weighted by atomic mass is 31.2. The van der Waals surface area contributed by atoms with E-state index in [-0.39, 0.29) is 17.4 Å². The summed E-state index contributed by atoms with van der Waals surface area (Å²) in [6.45, 7) is -0.600. The molecule has 1 saturated heterocycles. The molecule has 0 amide bonds. The quantitative estimate of drug-likeness (QED) is 0.340. The van der Waals surface area contributed by atoms with Crippen LogP contribution in [-0.4, -0.2) is 59.5 Å². The molecule has 24 heavy (non-hydrogen) atoms. The number of aromatic nitrogens is 3. The van der Waals surface area contributed by atoms with E-state index < -0.39 is 39.0 Å². The standard InChI is InChI=1S/C11H16N5O7P/c12-8-4-1-2-16(9(4)15-11(13)14-8)10-7(18)6(17)5(23-10)3-22-24(19,20)21/h1-2,5-7,10,17-18H,3H2,(H2,19,20,21)(H4,12,13,14,15)/t5-,6-,7-,10-/m1/s1. The number of aliphatic hydroxyl groups excluding tert-OH is 2. The van der Waals surface area contributed by atoms with Gasteiger partial charge >= 0.3 is 7.82 Å². The van der Waals surface area contributed by atoms with Crippen molar-refractivity contribution >= 4 is 30.6 Å². The second kappa shape index (κ2) is 5.93. The van der Waals surface area contributed by atoms with Gasteiger partial charge in [0.25, 0.3) is 0 Å². The SMILES string of the molecule is Nc1nc(N)c2ccn([C@@H]3O[C@H](COP(=O)(O)O)[C@@H](O)[C@H]3O)c2n1. The van der Waals surface area contributed by atoms with Gasteiger partial charge in [0.2, 0.25) is 5.95 Å². The summed E-state index contributed by atoms with van der Waals surface area (Å²) in [7, 11) is -4.73. The molecule has 1 aliphatic heterocycles. The maximum atomic E-state index is 10.8. The van der Waals surface area contributed by atoms with E-state index in [9.17, 15) is 14.8 Å². The molecule has 1 aliphatic rings. The van der Waals surface area contributed by atoms with Crippen LogP contribution < -0.4 is 11.5 Å². The lowest BCUT2D eigenvalue weighted by molar-refractivity contribution is -0.0501. The van der Waals surface area contributed by atoms with E-state index in [2.05, 4.69) is 14.5 Å². The van der Waals surface area contributed by atoms with Crippen LogP contribution in [0.15, 0.2) is 12.3 Å². The monoisotopic (exact) mass is 361 g/mol. The highest BCUT2D eigenvalue weighted by molar-refractivity contribution is 7.46. The van der Waals surface area contributed by atoms with Gasteiger partial charge in [0.15, 0.2) is 6.23 Å². The third kappa shape index (κ3) is 3.08. The minimum atomic E-state index is -4.73. The Morgan fingerprint density at radius 3 is 2.67 bits per heavy atom. The summed E-state index contributed by atoms with van der Waals surface area (Å²) in [5.41, 5.74) is 11.6. The molecule has 0 saturated carbocycles. The van der Waals surface area contributed by atoms with Gasteiger partial charge in [0.1, 0.15) is 29.8 Å². The molecule has 8 N–H and O–H groups in total. The van der Waals surface area contributed by atoms with Crippen molar-refractivity contribution in [3.8, 4) is 0 Å². The number of fused-ring (bicyclic) bond motifs is 1. The number of nitrogens with zero attached hydrogens (tertiary/aromatic N) is 3. The van der Waals surface area contributed by atoms with E-state index >= 15 is 0 Å². The molecule has 132 valence electrons. The van der Waals surface area contributed by atoms with Gasteiger partial charge in [-0.2, -0.15) is 9.97 Å². The van der Waals surface area contributed by atoms with Crippen LogP contribution in [0.4, 0.5) is 11.8 Å². The maximum Gasteiger partial charge on any atom is 0.469 e. The van der Waals surface area contributed by atoms with Gasteiger partial charge in [-0.3, -0.25) is 4.52 Å². The second-order valence-corrected chi connectivity index (χ2v) is 6.50. The summed E-state index contributed by atoms with van der Waals surface area (Å²) < 4.78 is 21.9. The highest BCUT2D eigenvalue weighted by Gasteiger charge is 2.45. The fourth-order valence-corrected chi connectivity index (χ4v) is 2.89. The van der Waals surface area contributed by atoms with E-state index in [0.29, 0.717) is 5.39 Å². The number of hydrogen-bond acceptors (Lipinski definition) is 9. The normalized spacial score (nSPS) is 27.8. The molecule has 13 heteroatoms. The number of ether oxygens (including phenoxy) is 1. The third-order valence-electron chi connectivity index (χ3n) is 3.64. The largest absolute Gasteiger partial charge is 0.469 e. The Balaban J connectivity index is 1.89. The van der Waals surface area contributed by atoms with E-state index in [4.69, 9.17) is 26.0 Å². The van der Waals surface area contributed by atoms with Gasteiger partial charge in [-0.05, 0) is 6.07 Å². The Bertz CT molecular complexity index is 807. The third-order valence-corrected chi connectivity index (χ3v) is 4.12. The first-order valence-electron chi connectivity index (χ1n) is 6.78. The van der Waals surface area contributed by atoms with Crippen LogP contribution in [0.1, 0.15) is 6.23 Å². The average Bonchev–Trinajstić information content (AvgIpc) is 3.00. The summed E-state index contributed by atoms with van der Waals surface area (Å²) in [5.74, 6) is 0.0695. The summed E-state index contributed by atoms with van der Waals surface area (Å²) in [4.78, 5) is 25.3. The number of rotatable bonds is 4. The van der Waals surface area contributed by atoms with Crippen LogP contribution in [0, 0.1) is 0 Å². The average molecular weight is 361 g/mol. The number of nitrogen functional groups attached to an aromatic ring is 2. The van der Waals surface area contributed by atoms with Crippen molar-refractivity contribution in [1.82, 2.24) is 14.5 Å². The molecule has 2 aromatic heterocycles. The van der Waals surface area contributed by atoms with Crippen LogP contribution in [0.3, 0.4) is 0 Å².